The van der Waals surface area contributed by atoms with E-state index < -0.39 is 130 Å². The average Bonchev–Trinajstić information content (AvgIpc) is 3.47. The summed E-state index contributed by atoms with van der Waals surface area (Å²) in [6, 6.07) is 17.3. The van der Waals surface area contributed by atoms with Crippen LogP contribution in [0.15, 0.2) is 95.4 Å². The summed E-state index contributed by atoms with van der Waals surface area (Å²) < 4.78 is 63.1. The number of aromatic hydroxyl groups is 4. The van der Waals surface area contributed by atoms with Gasteiger partial charge in [-0.2, -0.15) is 0 Å². The van der Waals surface area contributed by atoms with Crippen molar-refractivity contribution in [3.8, 4) is 57.3 Å². The first-order valence-electron chi connectivity index (χ1n) is 24.1. The van der Waals surface area contributed by atoms with E-state index in [0.29, 0.717) is 11.1 Å². The maximum Gasteiger partial charge on any atom is 0.402 e. The van der Waals surface area contributed by atoms with Gasteiger partial charge in [0.25, 0.3) is 0 Å². The number of carbonyl (C=O) groups is 2. The molecule has 4 aromatic carbocycles. The maximum absolute atomic E-state index is 13.1. The fourth-order valence-electron chi connectivity index (χ4n) is 8.54. The van der Waals surface area contributed by atoms with Crippen LogP contribution >= 0.6 is 0 Å². The number of aliphatic hydroxyl groups excluding tert-OH is 9. The lowest BCUT2D eigenvalue weighted by Gasteiger charge is -2.45. The topological polar surface area (TPSA) is 401 Å². The van der Waals surface area contributed by atoms with E-state index >= 15 is 0 Å². The summed E-state index contributed by atoms with van der Waals surface area (Å²) in [5.74, 6) is -3.47. The number of phenols is 4. The molecule has 79 heavy (non-hydrogen) atoms. The number of esters is 2. The minimum Gasteiger partial charge on any atom is -0.508 e. The largest absolute Gasteiger partial charge is 0.508 e. The molecule has 1 aromatic heterocycles. The van der Waals surface area contributed by atoms with Gasteiger partial charge in [-0.25, -0.2) is 14.0 Å². The van der Waals surface area contributed by atoms with Gasteiger partial charge in [-0.3, -0.25) is 0 Å². The van der Waals surface area contributed by atoms with E-state index in [1.165, 1.54) is 93.1 Å². The Morgan fingerprint density at radius 2 is 1.04 bits per heavy atom. The molecule has 424 valence electrons. The molecule has 0 radical (unpaired) electrons. The molecule has 13 N–H and O–H groups in total. The van der Waals surface area contributed by atoms with Crippen LogP contribution in [-0.2, 0) is 38.0 Å². The fraction of sp³-hybridized carbons (Fsp3) is 0.377. The van der Waals surface area contributed by atoms with Gasteiger partial charge in [-0.1, -0.05) is 12.1 Å². The molecule has 3 aliphatic heterocycles. The summed E-state index contributed by atoms with van der Waals surface area (Å²) in [5, 5.41) is 139. The van der Waals surface area contributed by atoms with Crippen molar-refractivity contribution in [3.63, 3.8) is 0 Å². The highest BCUT2D eigenvalue weighted by molar-refractivity contribution is 5.89. The number of aliphatic hydroxyl groups is 9. The van der Waals surface area contributed by atoms with E-state index in [-0.39, 0.29) is 62.5 Å². The molecule has 26 nitrogen and oxygen atoms in total. The Kier molecular flexibility index (Phi) is 18.4. The Morgan fingerprint density at radius 1 is 0.532 bits per heavy atom. The third-order valence-electron chi connectivity index (χ3n) is 12.9. The highest BCUT2D eigenvalue weighted by atomic mass is 16.8. The summed E-state index contributed by atoms with van der Waals surface area (Å²) in [4.78, 5) is 25.9. The second kappa shape index (κ2) is 25.1. The van der Waals surface area contributed by atoms with Crippen LogP contribution in [0.2, 0.25) is 0 Å². The first-order valence-corrected chi connectivity index (χ1v) is 24.1. The molecule has 8 rings (SSSR count). The summed E-state index contributed by atoms with van der Waals surface area (Å²) in [7, 11) is 2.66. The Bertz CT molecular complexity index is 2980. The molecule has 15 atom stereocenters. The van der Waals surface area contributed by atoms with Gasteiger partial charge in [0.2, 0.25) is 18.3 Å². The standard InChI is InChI=1S/C53H56O26/c1-69-33-15-23(3-11-29(33)57)5-13-39(59)71-21-37-42(62)45(65)48(68)52(77-37)79-50-46(66)43(63)38(22-72-40(60)14-6-24-4-12-30(58)34(16-24)70-2)78-53(50)75-35-19-28-31(73-49(35)25-7-9-26(55)10-8-25)17-27(56)18-32(28)74-51-47(67)44(64)41(61)36(20-54)76-51/h3-19,36-38,41-48,50-54,61-68H,20-22H2,1-2H3,(H3-,55,56,57,58,59,60)/p+1/t36?,37?,38?,41-,42-,43-,44+,45+,46+,47?,48?,50?,51-,52+,53-/m1/s1. The van der Waals surface area contributed by atoms with Crippen LogP contribution in [0.3, 0.4) is 0 Å². The zero-order valence-electron chi connectivity index (χ0n) is 41.7. The number of fused-ring (bicyclic) bond motifs is 1. The van der Waals surface area contributed by atoms with Crippen LogP contribution < -0.4 is 18.9 Å². The normalized spacial score (nSPS) is 29.1. The van der Waals surface area contributed by atoms with Crippen molar-refractivity contribution in [1.29, 1.82) is 0 Å². The second-order valence-corrected chi connectivity index (χ2v) is 18.2. The molecular weight excluding hydrogens is 1050 g/mol. The molecule has 0 spiro atoms. The van der Waals surface area contributed by atoms with Gasteiger partial charge in [0, 0.05) is 24.3 Å². The first-order chi connectivity index (χ1) is 37.8. The molecule has 3 fully saturated rings. The molecule has 3 aliphatic rings. The molecule has 0 aliphatic carbocycles. The molecule has 0 bridgehead atoms. The molecule has 5 aromatic rings. The Labute approximate surface area is 447 Å². The quantitative estimate of drug-likeness (QED) is 0.0310. The Balaban J connectivity index is 1.11. The van der Waals surface area contributed by atoms with E-state index in [4.69, 9.17) is 51.8 Å². The van der Waals surface area contributed by atoms with Gasteiger partial charge in [0.05, 0.1) is 32.5 Å². The number of phenolic OH excluding ortho intramolecular Hbond substituents is 4. The van der Waals surface area contributed by atoms with E-state index in [2.05, 4.69) is 0 Å². The van der Waals surface area contributed by atoms with E-state index in [9.17, 15) is 76.0 Å². The van der Waals surface area contributed by atoms with E-state index in [0.717, 1.165) is 24.3 Å². The van der Waals surface area contributed by atoms with E-state index in [1.54, 1.807) is 0 Å². The van der Waals surface area contributed by atoms with Crippen molar-refractivity contribution in [2.45, 2.75) is 92.1 Å². The van der Waals surface area contributed by atoms with Crippen LogP contribution in [0.4, 0.5) is 0 Å². The fourth-order valence-corrected chi connectivity index (χ4v) is 8.54. The van der Waals surface area contributed by atoms with Crippen LogP contribution in [-0.4, -0.2) is 204 Å². The number of methoxy groups -OCH3 is 2. The zero-order valence-corrected chi connectivity index (χ0v) is 41.7. The van der Waals surface area contributed by atoms with Gasteiger partial charge < -0.3 is 114 Å². The van der Waals surface area contributed by atoms with Crippen LogP contribution in [0, 0.1) is 0 Å². The number of ether oxygens (including phenoxy) is 10. The highest BCUT2D eigenvalue weighted by Crippen LogP contribution is 2.43. The zero-order chi connectivity index (χ0) is 56.8. The lowest BCUT2D eigenvalue weighted by Crippen LogP contribution is -2.65. The monoisotopic (exact) mass is 1110 g/mol. The predicted octanol–water partition coefficient (Wildman–Crippen LogP) is -0.0693. The molecule has 0 amide bonds. The van der Waals surface area contributed by atoms with E-state index in [1.807, 2.05) is 0 Å². The maximum atomic E-state index is 13.1. The molecule has 0 saturated carbocycles. The highest BCUT2D eigenvalue weighted by Gasteiger charge is 2.53. The van der Waals surface area contributed by atoms with Crippen molar-refractivity contribution in [2.75, 3.05) is 34.0 Å². The van der Waals surface area contributed by atoms with Crippen LogP contribution in [0.25, 0.3) is 34.4 Å². The van der Waals surface area contributed by atoms with Gasteiger partial charge in [-0.15, -0.1) is 0 Å². The lowest BCUT2D eigenvalue weighted by atomic mass is 9.97. The summed E-state index contributed by atoms with van der Waals surface area (Å²) >= 11 is 0. The lowest BCUT2D eigenvalue weighted by molar-refractivity contribution is -0.358. The predicted molar refractivity (Wildman–Crippen MR) is 266 cm³/mol. The molecule has 26 heteroatoms. The third kappa shape index (κ3) is 13.2. The van der Waals surface area contributed by atoms with Crippen LogP contribution in [0.1, 0.15) is 11.1 Å². The van der Waals surface area contributed by atoms with Crippen molar-refractivity contribution < 1.29 is 128 Å². The SMILES string of the molecule is COc1cc(/C=C/C(=O)OCC2O[C@@H](OC3[C@H](Oc4cc5c(O[C@@H]6OC(CO)[C@@H](O)[C@H](O)C6O)cc(O)cc5[o+]c4-c4ccc(O)cc4)OC(COC(=O)/C=C/c4ccc(O)c(OC)c4)[C@@H](O)[C@@H]3O)C(O)[C@@H](O)[C@@H]2O)ccc1O. The van der Waals surface area contributed by atoms with Crippen molar-refractivity contribution >= 4 is 35.1 Å². The Hall–Kier alpha value is -7.41. The number of hydrogen-bond acceptors (Lipinski definition) is 25. The summed E-state index contributed by atoms with van der Waals surface area (Å²) in [6.45, 7) is -2.33. The van der Waals surface area contributed by atoms with Gasteiger partial charge in [-0.05, 0) is 71.8 Å². The van der Waals surface area contributed by atoms with Crippen molar-refractivity contribution in [2.24, 2.45) is 0 Å². The third-order valence-corrected chi connectivity index (χ3v) is 12.9. The number of carbonyl (C=O) groups excluding carboxylic acids is 2. The number of benzene rings is 4. The molecular formula is C53H57O26+. The minimum absolute atomic E-state index is 0.0668. The van der Waals surface area contributed by atoms with Crippen molar-refractivity contribution in [1.82, 2.24) is 0 Å². The first kappa shape index (κ1) is 57.8. The van der Waals surface area contributed by atoms with Gasteiger partial charge in [0.15, 0.2) is 35.4 Å². The van der Waals surface area contributed by atoms with Crippen LogP contribution in [0.5, 0.6) is 46.0 Å². The molecule has 4 heterocycles. The Morgan fingerprint density at radius 3 is 1.59 bits per heavy atom. The second-order valence-electron chi connectivity index (χ2n) is 18.2. The molecule has 6 unspecified atom stereocenters. The smallest absolute Gasteiger partial charge is 0.402 e. The number of rotatable bonds is 18. The van der Waals surface area contributed by atoms with Crippen molar-refractivity contribution in [3.05, 3.63) is 102 Å². The van der Waals surface area contributed by atoms with Gasteiger partial charge >= 0.3 is 23.3 Å². The summed E-state index contributed by atoms with van der Waals surface area (Å²) in [5.41, 5.74) is 0.892. The average molecular weight is 1110 g/mol. The molecule has 3 saturated heterocycles. The summed E-state index contributed by atoms with van der Waals surface area (Å²) in [6.07, 6.45) is -23.6. The number of hydrogen-bond donors (Lipinski definition) is 13. The minimum atomic E-state index is -2.13. The van der Waals surface area contributed by atoms with Gasteiger partial charge in [0.1, 0.15) is 103 Å².